The highest BCUT2D eigenvalue weighted by Crippen LogP contribution is 2.20. The summed E-state index contributed by atoms with van der Waals surface area (Å²) in [6.45, 7) is 7.39. The second-order valence-electron chi connectivity index (χ2n) is 5.39. The molecule has 0 radical (unpaired) electrons. The van der Waals surface area contributed by atoms with Crippen molar-refractivity contribution in [2.45, 2.75) is 46.1 Å². The quantitative estimate of drug-likeness (QED) is 0.908. The number of hydrogen-bond acceptors (Lipinski definition) is 4. The fraction of sp³-hybridized carbons (Fsp3) is 0.538. The Morgan fingerprint density at radius 2 is 1.90 bits per heavy atom. The standard InChI is InChI=1S/C13H18N4O3/c1-7(2)9-5-10-12(8(3)4)15-16(6-11(18)19)13(20)17(10)14-9/h5,7-8H,6H2,1-4H3,(H,18,19). The third-order valence-corrected chi connectivity index (χ3v) is 3.04. The van der Waals surface area contributed by atoms with Crippen LogP contribution in [-0.2, 0) is 11.3 Å². The summed E-state index contributed by atoms with van der Waals surface area (Å²) in [4.78, 5) is 23.0. The molecule has 2 aromatic rings. The van der Waals surface area contributed by atoms with Gasteiger partial charge in [-0.2, -0.15) is 14.7 Å². The highest BCUT2D eigenvalue weighted by molar-refractivity contribution is 5.66. The molecule has 0 fully saturated rings. The summed E-state index contributed by atoms with van der Waals surface area (Å²) in [6, 6.07) is 1.85. The summed E-state index contributed by atoms with van der Waals surface area (Å²) in [5, 5.41) is 17.3. The van der Waals surface area contributed by atoms with Gasteiger partial charge < -0.3 is 5.11 Å². The molecule has 0 saturated heterocycles. The molecule has 7 heteroatoms. The van der Waals surface area contributed by atoms with Crippen LogP contribution in [0.4, 0.5) is 0 Å². The third kappa shape index (κ3) is 2.43. The molecular weight excluding hydrogens is 260 g/mol. The summed E-state index contributed by atoms with van der Waals surface area (Å²) in [6.07, 6.45) is 0. The zero-order chi connectivity index (χ0) is 15.0. The van der Waals surface area contributed by atoms with Crippen LogP contribution in [0.15, 0.2) is 10.9 Å². The molecule has 0 spiro atoms. The van der Waals surface area contributed by atoms with E-state index >= 15 is 0 Å². The van der Waals surface area contributed by atoms with Crippen molar-refractivity contribution >= 4 is 11.5 Å². The molecule has 0 unspecified atom stereocenters. The molecule has 108 valence electrons. The zero-order valence-corrected chi connectivity index (χ0v) is 12.0. The van der Waals surface area contributed by atoms with Crippen molar-refractivity contribution in [3.8, 4) is 0 Å². The van der Waals surface area contributed by atoms with Gasteiger partial charge in [0.2, 0.25) is 0 Å². The maximum Gasteiger partial charge on any atom is 0.366 e. The average Bonchev–Trinajstić information content (AvgIpc) is 2.77. The number of hydrogen-bond donors (Lipinski definition) is 1. The Labute approximate surface area is 115 Å². The minimum Gasteiger partial charge on any atom is -0.480 e. The van der Waals surface area contributed by atoms with Crippen LogP contribution in [-0.4, -0.2) is 30.5 Å². The molecule has 1 N–H and O–H groups in total. The Morgan fingerprint density at radius 3 is 2.40 bits per heavy atom. The number of aliphatic carboxylic acids is 1. The van der Waals surface area contributed by atoms with Gasteiger partial charge in [-0.05, 0) is 17.9 Å². The van der Waals surface area contributed by atoms with E-state index in [1.807, 2.05) is 33.8 Å². The van der Waals surface area contributed by atoms with Gasteiger partial charge in [-0.15, -0.1) is 0 Å². The molecule has 0 amide bonds. The van der Waals surface area contributed by atoms with Gasteiger partial charge in [0.25, 0.3) is 0 Å². The lowest BCUT2D eigenvalue weighted by Gasteiger charge is -2.09. The molecule has 2 rings (SSSR count). The van der Waals surface area contributed by atoms with Gasteiger partial charge in [-0.3, -0.25) is 4.79 Å². The minimum atomic E-state index is -1.11. The second-order valence-corrected chi connectivity index (χ2v) is 5.39. The van der Waals surface area contributed by atoms with E-state index in [9.17, 15) is 9.59 Å². The van der Waals surface area contributed by atoms with Crippen molar-refractivity contribution in [1.82, 2.24) is 19.4 Å². The normalized spacial score (nSPS) is 11.7. The topological polar surface area (TPSA) is 89.5 Å². The van der Waals surface area contributed by atoms with Crippen LogP contribution in [0.3, 0.4) is 0 Å². The molecule has 2 aromatic heterocycles. The fourth-order valence-electron chi connectivity index (χ4n) is 1.99. The number of nitrogens with zero attached hydrogens (tertiary/aromatic N) is 4. The van der Waals surface area contributed by atoms with Crippen LogP contribution in [0.1, 0.15) is 50.9 Å². The van der Waals surface area contributed by atoms with Gasteiger partial charge in [0.15, 0.2) is 0 Å². The molecule has 0 aliphatic rings. The molecule has 0 saturated carbocycles. The van der Waals surface area contributed by atoms with Crippen molar-refractivity contribution < 1.29 is 9.90 Å². The Bertz CT molecular complexity index is 712. The molecule has 2 heterocycles. The zero-order valence-electron chi connectivity index (χ0n) is 12.0. The first-order valence-electron chi connectivity index (χ1n) is 6.53. The smallest absolute Gasteiger partial charge is 0.366 e. The van der Waals surface area contributed by atoms with E-state index in [4.69, 9.17) is 5.11 Å². The first-order valence-corrected chi connectivity index (χ1v) is 6.53. The molecule has 7 nitrogen and oxygen atoms in total. The fourth-order valence-corrected chi connectivity index (χ4v) is 1.99. The van der Waals surface area contributed by atoms with Crippen LogP contribution in [0.2, 0.25) is 0 Å². The number of aromatic nitrogens is 4. The van der Waals surface area contributed by atoms with Crippen molar-refractivity contribution in [3.63, 3.8) is 0 Å². The average molecular weight is 278 g/mol. The maximum atomic E-state index is 12.2. The summed E-state index contributed by atoms with van der Waals surface area (Å²) >= 11 is 0. The summed E-state index contributed by atoms with van der Waals surface area (Å²) in [7, 11) is 0. The van der Waals surface area contributed by atoms with Gasteiger partial charge >= 0.3 is 11.7 Å². The largest absolute Gasteiger partial charge is 0.480 e. The van der Waals surface area contributed by atoms with Crippen LogP contribution >= 0.6 is 0 Å². The van der Waals surface area contributed by atoms with E-state index in [-0.39, 0.29) is 11.8 Å². The summed E-state index contributed by atoms with van der Waals surface area (Å²) < 4.78 is 2.20. The molecule has 0 atom stereocenters. The molecular formula is C13H18N4O3. The molecule has 0 aliphatic heterocycles. The summed E-state index contributed by atoms with van der Waals surface area (Å²) in [5.41, 5.74) is 1.58. The first-order chi connectivity index (χ1) is 9.31. The van der Waals surface area contributed by atoms with Crippen LogP contribution in [0.25, 0.3) is 5.52 Å². The summed E-state index contributed by atoms with van der Waals surface area (Å²) in [5.74, 6) is -0.859. The van der Waals surface area contributed by atoms with Crippen LogP contribution in [0.5, 0.6) is 0 Å². The van der Waals surface area contributed by atoms with Crippen LogP contribution < -0.4 is 5.69 Å². The van der Waals surface area contributed by atoms with E-state index in [2.05, 4.69) is 10.2 Å². The second kappa shape index (κ2) is 5.07. The Balaban J connectivity index is 2.77. The van der Waals surface area contributed by atoms with Crippen molar-refractivity contribution in [1.29, 1.82) is 0 Å². The van der Waals surface area contributed by atoms with Crippen molar-refractivity contribution in [2.24, 2.45) is 0 Å². The Kier molecular flexibility index (Phi) is 3.61. The predicted octanol–water partition coefficient (Wildman–Crippen LogP) is 1.22. The lowest BCUT2D eigenvalue weighted by molar-refractivity contribution is -0.138. The third-order valence-electron chi connectivity index (χ3n) is 3.04. The lowest BCUT2D eigenvalue weighted by Crippen LogP contribution is -2.33. The van der Waals surface area contributed by atoms with E-state index < -0.39 is 18.2 Å². The molecule has 0 bridgehead atoms. The maximum absolute atomic E-state index is 12.2. The Morgan fingerprint density at radius 1 is 1.25 bits per heavy atom. The van der Waals surface area contributed by atoms with E-state index in [0.717, 1.165) is 10.4 Å². The van der Waals surface area contributed by atoms with Gasteiger partial charge in [-0.25, -0.2) is 9.48 Å². The Hall–Kier alpha value is -2.18. The van der Waals surface area contributed by atoms with Crippen molar-refractivity contribution in [2.75, 3.05) is 0 Å². The number of carbonyl (C=O) groups is 1. The molecule has 0 aliphatic carbocycles. The van der Waals surface area contributed by atoms with E-state index in [0.29, 0.717) is 11.2 Å². The molecule has 20 heavy (non-hydrogen) atoms. The highest BCUT2D eigenvalue weighted by Gasteiger charge is 2.18. The number of fused-ring (bicyclic) bond motifs is 1. The lowest BCUT2D eigenvalue weighted by atomic mass is 10.1. The SMILES string of the molecule is CC(C)c1cc2c(C(C)C)nn(CC(=O)O)c(=O)n2n1. The van der Waals surface area contributed by atoms with Gasteiger partial charge in [0.05, 0.1) is 16.9 Å². The number of rotatable bonds is 4. The molecule has 0 aromatic carbocycles. The van der Waals surface area contributed by atoms with Gasteiger partial charge in [-0.1, -0.05) is 27.7 Å². The predicted molar refractivity (Wildman–Crippen MR) is 73.1 cm³/mol. The van der Waals surface area contributed by atoms with Gasteiger partial charge in [0.1, 0.15) is 6.54 Å². The number of carboxylic acids is 1. The minimum absolute atomic E-state index is 0.0647. The first kappa shape index (κ1) is 14.2. The van der Waals surface area contributed by atoms with E-state index in [1.54, 1.807) is 0 Å². The van der Waals surface area contributed by atoms with E-state index in [1.165, 1.54) is 4.52 Å². The highest BCUT2D eigenvalue weighted by atomic mass is 16.4. The van der Waals surface area contributed by atoms with Gasteiger partial charge in [0, 0.05) is 0 Å². The van der Waals surface area contributed by atoms with Crippen molar-refractivity contribution in [3.05, 3.63) is 27.9 Å². The monoisotopic (exact) mass is 278 g/mol. The van der Waals surface area contributed by atoms with Crippen LogP contribution in [0, 0.1) is 0 Å². The number of carboxylic acid groups (broad SMARTS) is 1.